The number of carbonyl (C=O) groups is 2. The molecule has 1 rings (SSSR count). The van der Waals surface area contributed by atoms with Gasteiger partial charge in [0.05, 0.1) is 0 Å². The molecule has 0 heterocycles. The molecule has 1 aromatic rings. The van der Waals surface area contributed by atoms with Gasteiger partial charge < -0.3 is 16.0 Å². The van der Waals surface area contributed by atoms with E-state index in [9.17, 15) is 14.0 Å². The summed E-state index contributed by atoms with van der Waals surface area (Å²) in [5.74, 6) is -0.645. The van der Waals surface area contributed by atoms with Gasteiger partial charge in [-0.15, -0.1) is 0 Å². The number of nitrogens with one attached hydrogen (secondary N) is 3. The van der Waals surface area contributed by atoms with Gasteiger partial charge in [0.1, 0.15) is 11.9 Å². The van der Waals surface area contributed by atoms with Crippen LogP contribution >= 0.6 is 0 Å². The molecule has 0 spiro atoms. The summed E-state index contributed by atoms with van der Waals surface area (Å²) >= 11 is 0. The number of anilines is 1. The van der Waals surface area contributed by atoms with Crippen molar-refractivity contribution < 1.29 is 14.0 Å². The summed E-state index contributed by atoms with van der Waals surface area (Å²) in [5.41, 5.74) is 0.843. The third kappa shape index (κ3) is 4.87. The quantitative estimate of drug-likeness (QED) is 0.774. The molecule has 1 atom stereocenters. The van der Waals surface area contributed by atoms with Crippen molar-refractivity contribution in [3.63, 3.8) is 0 Å². The Morgan fingerprint density at radius 2 is 2.05 bits per heavy atom. The van der Waals surface area contributed by atoms with Crippen LogP contribution in [0.2, 0.25) is 0 Å². The SMILES string of the molecule is CCCNC(=O)[C@H](C)NC(=O)Nc1ccc(C)c(F)c1. The van der Waals surface area contributed by atoms with E-state index in [2.05, 4.69) is 16.0 Å². The topological polar surface area (TPSA) is 70.2 Å². The summed E-state index contributed by atoms with van der Waals surface area (Å²) in [6.45, 7) is 5.73. The van der Waals surface area contributed by atoms with Crippen molar-refractivity contribution in [2.45, 2.75) is 33.2 Å². The van der Waals surface area contributed by atoms with E-state index >= 15 is 0 Å². The van der Waals surface area contributed by atoms with Crippen LogP contribution in [0.1, 0.15) is 25.8 Å². The summed E-state index contributed by atoms with van der Waals surface area (Å²) in [5, 5.41) is 7.64. The number of halogens is 1. The highest BCUT2D eigenvalue weighted by Gasteiger charge is 2.14. The normalized spacial score (nSPS) is 11.6. The minimum Gasteiger partial charge on any atom is -0.354 e. The van der Waals surface area contributed by atoms with Crippen LogP contribution in [-0.2, 0) is 4.79 Å². The van der Waals surface area contributed by atoms with E-state index in [0.29, 0.717) is 17.8 Å². The van der Waals surface area contributed by atoms with Gasteiger partial charge in [0.15, 0.2) is 0 Å². The number of aryl methyl sites for hydroxylation is 1. The van der Waals surface area contributed by atoms with Gasteiger partial charge in [0.2, 0.25) is 5.91 Å². The lowest BCUT2D eigenvalue weighted by molar-refractivity contribution is -0.122. The second-order valence-electron chi connectivity index (χ2n) is 4.58. The first-order valence-electron chi connectivity index (χ1n) is 6.55. The molecule has 5 nitrogen and oxygen atoms in total. The largest absolute Gasteiger partial charge is 0.354 e. The van der Waals surface area contributed by atoms with Gasteiger partial charge in [-0.1, -0.05) is 13.0 Å². The molecule has 6 heteroatoms. The Balaban J connectivity index is 2.50. The number of urea groups is 1. The molecular weight excluding hydrogens is 261 g/mol. The smallest absolute Gasteiger partial charge is 0.319 e. The van der Waals surface area contributed by atoms with Crippen LogP contribution < -0.4 is 16.0 Å². The van der Waals surface area contributed by atoms with E-state index in [1.54, 1.807) is 26.0 Å². The number of benzene rings is 1. The van der Waals surface area contributed by atoms with E-state index in [0.717, 1.165) is 6.42 Å². The summed E-state index contributed by atoms with van der Waals surface area (Å²) in [4.78, 5) is 23.2. The first kappa shape index (κ1) is 15.9. The number of rotatable bonds is 5. The Morgan fingerprint density at radius 3 is 2.65 bits per heavy atom. The van der Waals surface area contributed by atoms with E-state index in [1.165, 1.54) is 6.07 Å². The number of amides is 3. The maximum atomic E-state index is 13.3. The van der Waals surface area contributed by atoms with Gasteiger partial charge in [-0.05, 0) is 38.0 Å². The zero-order chi connectivity index (χ0) is 15.1. The molecule has 3 N–H and O–H groups in total. The van der Waals surface area contributed by atoms with Gasteiger partial charge in [-0.3, -0.25) is 4.79 Å². The van der Waals surface area contributed by atoms with Crippen LogP contribution in [0.15, 0.2) is 18.2 Å². The highest BCUT2D eigenvalue weighted by atomic mass is 19.1. The molecule has 3 amide bonds. The summed E-state index contributed by atoms with van der Waals surface area (Å²) in [6.07, 6.45) is 0.827. The fourth-order valence-corrected chi connectivity index (χ4v) is 1.50. The molecule has 0 saturated heterocycles. The van der Waals surface area contributed by atoms with Crippen LogP contribution in [0.4, 0.5) is 14.9 Å². The zero-order valence-electron chi connectivity index (χ0n) is 11.9. The lowest BCUT2D eigenvalue weighted by Gasteiger charge is -2.14. The molecule has 0 saturated carbocycles. The highest BCUT2D eigenvalue weighted by Crippen LogP contribution is 2.13. The van der Waals surface area contributed by atoms with E-state index in [-0.39, 0.29) is 5.91 Å². The van der Waals surface area contributed by atoms with Crippen molar-refractivity contribution in [3.05, 3.63) is 29.6 Å². The maximum Gasteiger partial charge on any atom is 0.319 e. The average Bonchev–Trinajstić information content (AvgIpc) is 2.40. The van der Waals surface area contributed by atoms with Crippen LogP contribution in [0.25, 0.3) is 0 Å². The Bertz CT molecular complexity index is 491. The fraction of sp³-hybridized carbons (Fsp3) is 0.429. The van der Waals surface area contributed by atoms with Crippen LogP contribution in [-0.4, -0.2) is 24.5 Å². The van der Waals surface area contributed by atoms with Crippen LogP contribution in [0.3, 0.4) is 0 Å². The molecule has 20 heavy (non-hydrogen) atoms. The monoisotopic (exact) mass is 281 g/mol. The molecule has 0 radical (unpaired) electrons. The Morgan fingerprint density at radius 1 is 1.35 bits per heavy atom. The minimum atomic E-state index is -0.656. The molecule has 110 valence electrons. The maximum absolute atomic E-state index is 13.3. The third-order valence-corrected chi connectivity index (χ3v) is 2.72. The molecule has 1 aromatic carbocycles. The Hall–Kier alpha value is -2.11. The molecule has 0 aromatic heterocycles. The number of hydrogen-bond donors (Lipinski definition) is 3. The molecule has 0 fully saturated rings. The predicted molar refractivity (Wildman–Crippen MR) is 76.1 cm³/mol. The predicted octanol–water partition coefficient (Wildman–Crippen LogP) is 2.17. The molecule has 0 aliphatic carbocycles. The Labute approximate surface area is 117 Å². The van der Waals surface area contributed by atoms with Crippen LogP contribution in [0, 0.1) is 12.7 Å². The average molecular weight is 281 g/mol. The fourth-order valence-electron chi connectivity index (χ4n) is 1.50. The summed E-state index contributed by atoms with van der Waals surface area (Å²) < 4.78 is 13.3. The first-order valence-corrected chi connectivity index (χ1v) is 6.55. The second-order valence-corrected chi connectivity index (χ2v) is 4.58. The standard InChI is InChI=1S/C14H20FN3O2/c1-4-7-16-13(19)10(3)17-14(20)18-11-6-5-9(2)12(15)8-11/h5-6,8,10H,4,7H2,1-3H3,(H,16,19)(H2,17,18,20)/t10-/m0/s1. The minimum absolute atomic E-state index is 0.253. The van der Waals surface area contributed by atoms with Crippen LogP contribution in [0.5, 0.6) is 0 Å². The van der Waals surface area contributed by atoms with Crippen molar-refractivity contribution in [1.29, 1.82) is 0 Å². The zero-order valence-corrected chi connectivity index (χ0v) is 11.9. The molecule has 0 aliphatic rings. The van der Waals surface area contributed by atoms with Crippen molar-refractivity contribution >= 4 is 17.6 Å². The molecule has 0 aliphatic heterocycles. The molecule has 0 unspecified atom stereocenters. The summed E-state index contributed by atoms with van der Waals surface area (Å²) in [6, 6.07) is 3.20. The lowest BCUT2D eigenvalue weighted by Crippen LogP contribution is -2.46. The van der Waals surface area contributed by atoms with Gasteiger partial charge in [0.25, 0.3) is 0 Å². The number of carbonyl (C=O) groups excluding carboxylic acids is 2. The summed E-state index contributed by atoms with van der Waals surface area (Å²) in [7, 11) is 0. The Kier molecular flexibility index (Phi) is 5.96. The van der Waals surface area contributed by atoms with Gasteiger partial charge in [-0.25, -0.2) is 9.18 Å². The lowest BCUT2D eigenvalue weighted by atomic mass is 10.2. The highest BCUT2D eigenvalue weighted by molar-refractivity contribution is 5.93. The van der Waals surface area contributed by atoms with Gasteiger partial charge in [-0.2, -0.15) is 0 Å². The van der Waals surface area contributed by atoms with E-state index in [1.807, 2.05) is 6.92 Å². The van der Waals surface area contributed by atoms with Gasteiger partial charge in [0, 0.05) is 12.2 Å². The number of hydrogen-bond acceptors (Lipinski definition) is 2. The van der Waals surface area contributed by atoms with E-state index < -0.39 is 17.9 Å². The van der Waals surface area contributed by atoms with Crippen molar-refractivity contribution in [1.82, 2.24) is 10.6 Å². The first-order chi connectivity index (χ1) is 9.43. The van der Waals surface area contributed by atoms with Gasteiger partial charge >= 0.3 is 6.03 Å². The van der Waals surface area contributed by atoms with Crippen molar-refractivity contribution in [3.8, 4) is 0 Å². The molecule has 0 bridgehead atoms. The third-order valence-electron chi connectivity index (χ3n) is 2.72. The van der Waals surface area contributed by atoms with E-state index in [4.69, 9.17) is 0 Å². The van der Waals surface area contributed by atoms with Crippen molar-refractivity contribution in [2.75, 3.05) is 11.9 Å². The molecular formula is C14H20FN3O2. The van der Waals surface area contributed by atoms with Crippen molar-refractivity contribution in [2.24, 2.45) is 0 Å². The second kappa shape index (κ2) is 7.47.